The lowest BCUT2D eigenvalue weighted by molar-refractivity contribution is -0.384. The van der Waals surface area contributed by atoms with Crippen LogP contribution in [0.3, 0.4) is 0 Å². The van der Waals surface area contributed by atoms with E-state index in [-0.39, 0.29) is 17.2 Å². The number of para-hydroxylation sites is 2. The van der Waals surface area contributed by atoms with Gasteiger partial charge in [0.05, 0.1) is 41.1 Å². The van der Waals surface area contributed by atoms with Gasteiger partial charge in [-0.05, 0) is 38.1 Å². The average Bonchev–Trinajstić information content (AvgIpc) is 3.36. The number of thioether (sulfide) groups is 1. The third-order valence-electron chi connectivity index (χ3n) is 5.87. The first-order valence-corrected chi connectivity index (χ1v) is 12.0. The van der Waals surface area contributed by atoms with E-state index in [2.05, 4.69) is 9.55 Å². The van der Waals surface area contributed by atoms with Gasteiger partial charge in [-0.3, -0.25) is 19.5 Å². The molecule has 0 aliphatic heterocycles. The lowest BCUT2D eigenvalue weighted by Gasteiger charge is -2.13. The number of Topliss-reactive ketones (excluding diaryl/α,β-unsaturated/α-hetero) is 1. The van der Waals surface area contributed by atoms with E-state index in [1.807, 2.05) is 48.7 Å². The Hall–Kier alpha value is -3.63. The Morgan fingerprint density at radius 1 is 1.14 bits per heavy atom. The normalized spacial score (nSPS) is 11.2. The van der Waals surface area contributed by atoms with Crippen molar-refractivity contribution < 1.29 is 19.2 Å². The number of carbonyl (C=O) groups is 1. The van der Waals surface area contributed by atoms with Crippen molar-refractivity contribution in [1.29, 1.82) is 0 Å². The maximum absolute atomic E-state index is 13.2. The SMILES string of the molecule is COCCn1c(C)cc(C(=O)CSc2nc3cc([N+](=O)[O-])ccc3n2-c2ccccc2OC)c1C. The zero-order chi connectivity index (χ0) is 25.1. The molecule has 2 aromatic carbocycles. The summed E-state index contributed by atoms with van der Waals surface area (Å²) >= 11 is 1.29. The molecule has 0 saturated heterocycles. The Bertz CT molecular complexity index is 1410. The van der Waals surface area contributed by atoms with Gasteiger partial charge in [0.2, 0.25) is 0 Å². The molecule has 182 valence electrons. The molecule has 0 aliphatic rings. The van der Waals surface area contributed by atoms with E-state index in [1.165, 1.54) is 23.9 Å². The van der Waals surface area contributed by atoms with Crippen LogP contribution in [0.5, 0.6) is 5.75 Å². The fraction of sp³-hybridized carbons (Fsp3) is 0.280. The number of ketones is 1. The lowest BCUT2D eigenvalue weighted by Crippen LogP contribution is -2.10. The van der Waals surface area contributed by atoms with E-state index in [0.717, 1.165) is 17.1 Å². The molecule has 0 aliphatic carbocycles. The number of nitro groups is 1. The van der Waals surface area contributed by atoms with Gasteiger partial charge in [0.25, 0.3) is 5.69 Å². The predicted octanol–water partition coefficient (Wildman–Crippen LogP) is 4.98. The molecule has 4 aromatic rings. The topological polar surface area (TPSA) is 101 Å². The van der Waals surface area contributed by atoms with Gasteiger partial charge < -0.3 is 14.0 Å². The molecule has 2 heterocycles. The fourth-order valence-electron chi connectivity index (χ4n) is 4.12. The Morgan fingerprint density at radius 3 is 2.63 bits per heavy atom. The number of nitrogens with zero attached hydrogens (tertiary/aromatic N) is 4. The first kappa shape index (κ1) is 24.5. The van der Waals surface area contributed by atoms with E-state index >= 15 is 0 Å². The first-order chi connectivity index (χ1) is 16.8. The van der Waals surface area contributed by atoms with Crippen LogP contribution in [0, 0.1) is 24.0 Å². The molecular formula is C25H26N4O5S. The molecule has 2 aromatic heterocycles. The molecule has 0 bridgehead atoms. The number of benzene rings is 2. The van der Waals surface area contributed by atoms with E-state index < -0.39 is 4.92 Å². The summed E-state index contributed by atoms with van der Waals surface area (Å²) in [5.41, 5.74) is 4.42. The number of nitro benzene ring substituents is 1. The molecule has 0 saturated carbocycles. The molecule has 4 rings (SSSR count). The summed E-state index contributed by atoms with van der Waals surface area (Å²) in [4.78, 5) is 28.7. The van der Waals surface area contributed by atoms with E-state index in [9.17, 15) is 14.9 Å². The van der Waals surface area contributed by atoms with Crippen LogP contribution < -0.4 is 4.74 Å². The van der Waals surface area contributed by atoms with E-state index in [1.54, 1.807) is 20.3 Å². The van der Waals surface area contributed by atoms with Crippen LogP contribution in [-0.2, 0) is 11.3 Å². The summed E-state index contributed by atoms with van der Waals surface area (Å²) in [5, 5.41) is 11.8. The number of fused-ring (bicyclic) bond motifs is 1. The van der Waals surface area contributed by atoms with Crippen molar-refractivity contribution in [3.05, 3.63) is 75.6 Å². The fourth-order valence-corrected chi connectivity index (χ4v) is 5.03. The molecule has 0 atom stereocenters. The van der Waals surface area contributed by atoms with Crippen LogP contribution in [0.15, 0.2) is 53.7 Å². The maximum Gasteiger partial charge on any atom is 0.271 e. The van der Waals surface area contributed by atoms with Gasteiger partial charge in [-0.2, -0.15) is 0 Å². The van der Waals surface area contributed by atoms with Crippen LogP contribution in [0.2, 0.25) is 0 Å². The Morgan fingerprint density at radius 2 is 1.91 bits per heavy atom. The lowest BCUT2D eigenvalue weighted by atomic mass is 10.2. The number of aromatic nitrogens is 3. The van der Waals surface area contributed by atoms with Gasteiger partial charge in [-0.1, -0.05) is 23.9 Å². The van der Waals surface area contributed by atoms with Gasteiger partial charge in [-0.15, -0.1) is 0 Å². The van der Waals surface area contributed by atoms with Crippen LogP contribution in [0.4, 0.5) is 5.69 Å². The van der Waals surface area contributed by atoms with Gasteiger partial charge in [0.1, 0.15) is 5.75 Å². The largest absolute Gasteiger partial charge is 0.495 e. The number of non-ortho nitro benzene ring substituents is 1. The summed E-state index contributed by atoms with van der Waals surface area (Å²) in [5.74, 6) is 0.770. The van der Waals surface area contributed by atoms with Crippen LogP contribution in [0.25, 0.3) is 16.7 Å². The number of imidazole rings is 1. The highest BCUT2D eigenvalue weighted by Gasteiger charge is 2.21. The molecule has 0 radical (unpaired) electrons. The second kappa shape index (κ2) is 10.3. The minimum Gasteiger partial charge on any atom is -0.495 e. The van der Waals surface area contributed by atoms with Crippen LogP contribution >= 0.6 is 11.8 Å². The second-order valence-corrected chi connectivity index (χ2v) is 8.92. The van der Waals surface area contributed by atoms with Crippen molar-refractivity contribution in [3.8, 4) is 11.4 Å². The molecule has 35 heavy (non-hydrogen) atoms. The smallest absolute Gasteiger partial charge is 0.271 e. The summed E-state index contributed by atoms with van der Waals surface area (Å²) in [6.07, 6.45) is 0. The maximum atomic E-state index is 13.2. The third-order valence-corrected chi connectivity index (χ3v) is 6.81. The van der Waals surface area contributed by atoms with Crippen molar-refractivity contribution in [2.45, 2.75) is 25.5 Å². The summed E-state index contributed by atoms with van der Waals surface area (Å²) < 4.78 is 14.7. The highest BCUT2D eigenvalue weighted by molar-refractivity contribution is 7.99. The van der Waals surface area contributed by atoms with E-state index in [0.29, 0.717) is 40.7 Å². The number of ether oxygens (including phenoxy) is 2. The molecular weight excluding hydrogens is 468 g/mol. The predicted molar refractivity (Wildman–Crippen MR) is 135 cm³/mol. The molecule has 0 spiro atoms. The van der Waals surface area contributed by atoms with Crippen molar-refractivity contribution >= 4 is 34.3 Å². The van der Waals surface area contributed by atoms with E-state index in [4.69, 9.17) is 9.47 Å². The minimum atomic E-state index is -0.447. The van der Waals surface area contributed by atoms with Crippen LogP contribution in [0.1, 0.15) is 21.7 Å². The van der Waals surface area contributed by atoms with Gasteiger partial charge in [0.15, 0.2) is 10.9 Å². The second-order valence-electron chi connectivity index (χ2n) is 7.97. The zero-order valence-corrected chi connectivity index (χ0v) is 20.8. The minimum absolute atomic E-state index is 0.0172. The molecule has 0 N–H and O–H groups in total. The monoisotopic (exact) mass is 494 g/mol. The molecule has 0 fully saturated rings. The van der Waals surface area contributed by atoms with Gasteiger partial charge in [0, 0.05) is 42.7 Å². The van der Waals surface area contributed by atoms with Gasteiger partial charge >= 0.3 is 0 Å². The first-order valence-electron chi connectivity index (χ1n) is 11.0. The standard InChI is InChI=1S/C25H26N4O5S/c1-16-13-19(17(2)27(16)11-12-33-3)23(30)15-35-25-26-20-14-18(29(31)32)9-10-21(20)28(25)22-7-5-6-8-24(22)34-4/h5-10,13-14H,11-12,15H2,1-4H3. The molecule has 0 unspecified atom stereocenters. The van der Waals surface area contributed by atoms with Crippen molar-refractivity contribution in [2.75, 3.05) is 26.6 Å². The highest BCUT2D eigenvalue weighted by Crippen LogP contribution is 2.34. The number of hydrogen-bond donors (Lipinski definition) is 0. The molecule has 10 heteroatoms. The summed E-state index contributed by atoms with van der Waals surface area (Å²) in [6, 6.07) is 13.9. The zero-order valence-electron chi connectivity index (χ0n) is 20.0. The van der Waals surface area contributed by atoms with Crippen molar-refractivity contribution in [3.63, 3.8) is 0 Å². The molecule has 0 amide bonds. The Kier molecular flexibility index (Phi) is 7.23. The van der Waals surface area contributed by atoms with Crippen LogP contribution in [-0.4, -0.2) is 51.4 Å². The van der Waals surface area contributed by atoms with Crippen molar-refractivity contribution in [2.24, 2.45) is 0 Å². The number of rotatable bonds is 10. The summed E-state index contributed by atoms with van der Waals surface area (Å²) in [7, 11) is 3.23. The average molecular weight is 495 g/mol. The van der Waals surface area contributed by atoms with Crippen molar-refractivity contribution in [1.82, 2.24) is 14.1 Å². The van der Waals surface area contributed by atoms with Gasteiger partial charge in [-0.25, -0.2) is 4.98 Å². The quantitative estimate of drug-likeness (QED) is 0.133. The number of carbonyl (C=O) groups excluding carboxylic acids is 1. The Balaban J connectivity index is 1.71. The highest BCUT2D eigenvalue weighted by atomic mass is 32.2. The number of hydrogen-bond acceptors (Lipinski definition) is 7. The third kappa shape index (κ3) is 4.80. The molecule has 9 nitrogen and oxygen atoms in total. The number of aryl methyl sites for hydroxylation is 1. The number of methoxy groups -OCH3 is 2. The Labute approximate surface area is 206 Å². The summed E-state index contributed by atoms with van der Waals surface area (Å²) in [6.45, 7) is 5.15.